The molecule has 2 aromatic rings. The van der Waals surface area contributed by atoms with Crippen LogP contribution < -0.4 is 9.46 Å². The van der Waals surface area contributed by atoms with Gasteiger partial charge in [-0.3, -0.25) is 9.59 Å². The number of hydrogen-bond donors (Lipinski definition) is 1. The summed E-state index contributed by atoms with van der Waals surface area (Å²) in [6.07, 6.45) is -1.01. The summed E-state index contributed by atoms with van der Waals surface area (Å²) in [5.41, 5.74) is -1.04. The summed E-state index contributed by atoms with van der Waals surface area (Å²) in [6, 6.07) is 7.20. The number of hydrogen-bond acceptors (Lipinski definition) is 5. The Morgan fingerprint density at radius 2 is 1.64 bits per heavy atom. The number of ether oxygens (including phenoxy) is 1. The molecule has 2 amide bonds. The topological polar surface area (TPSA) is 92.8 Å². The molecule has 0 bridgehead atoms. The zero-order valence-corrected chi connectivity index (χ0v) is 21.8. The fourth-order valence-corrected chi connectivity index (χ4v) is 6.12. The van der Waals surface area contributed by atoms with Crippen LogP contribution in [0.2, 0.25) is 0 Å². The van der Waals surface area contributed by atoms with Crippen molar-refractivity contribution in [1.82, 2.24) is 9.62 Å². The molecule has 39 heavy (non-hydrogen) atoms. The van der Waals surface area contributed by atoms with E-state index in [-0.39, 0.29) is 48.4 Å². The maximum absolute atomic E-state index is 14.9. The molecule has 3 aliphatic rings. The van der Waals surface area contributed by atoms with Crippen LogP contribution in [0.25, 0.3) is 0 Å². The number of amides is 2. The van der Waals surface area contributed by atoms with Gasteiger partial charge in [0.15, 0.2) is 0 Å². The van der Waals surface area contributed by atoms with Crippen LogP contribution in [0.15, 0.2) is 36.4 Å². The number of piperidine rings is 1. The number of halogens is 4. The molecule has 1 aliphatic heterocycles. The Kier molecular flexibility index (Phi) is 7.34. The Morgan fingerprint density at radius 3 is 2.26 bits per heavy atom. The minimum atomic E-state index is -4.63. The fourth-order valence-electron chi connectivity index (χ4n) is 4.83. The summed E-state index contributed by atoms with van der Waals surface area (Å²) in [6.45, 7) is 0.733. The zero-order chi connectivity index (χ0) is 27.9. The monoisotopic (exact) mass is 568 g/mol. The molecule has 1 heterocycles. The van der Waals surface area contributed by atoms with Gasteiger partial charge in [0, 0.05) is 19.2 Å². The first-order valence-electron chi connectivity index (χ1n) is 12.9. The van der Waals surface area contributed by atoms with E-state index in [2.05, 4.69) is 0 Å². The summed E-state index contributed by atoms with van der Waals surface area (Å²) in [7, 11) is -3.82. The molecule has 7 nitrogen and oxygen atoms in total. The molecule has 2 aromatic carbocycles. The second kappa shape index (κ2) is 10.4. The molecule has 0 radical (unpaired) electrons. The predicted octanol–water partition coefficient (Wildman–Crippen LogP) is 4.88. The van der Waals surface area contributed by atoms with Crippen molar-refractivity contribution in [3.63, 3.8) is 0 Å². The van der Waals surface area contributed by atoms with Gasteiger partial charge in [0.2, 0.25) is 10.0 Å². The lowest BCUT2D eigenvalue weighted by Gasteiger charge is -2.32. The summed E-state index contributed by atoms with van der Waals surface area (Å²) in [5.74, 6) is -2.19. The van der Waals surface area contributed by atoms with E-state index >= 15 is 0 Å². The molecule has 0 unspecified atom stereocenters. The smallest absolute Gasteiger partial charge is 0.417 e. The van der Waals surface area contributed by atoms with Crippen LogP contribution in [0.4, 0.5) is 17.6 Å². The molecule has 0 aromatic heterocycles. The molecular formula is C27H28F4N2O5S. The zero-order valence-electron chi connectivity index (χ0n) is 21.0. The van der Waals surface area contributed by atoms with E-state index in [1.807, 2.05) is 4.72 Å². The second-order valence-corrected chi connectivity index (χ2v) is 12.4. The normalized spacial score (nSPS) is 18.6. The molecule has 2 aliphatic carbocycles. The molecule has 210 valence electrons. The SMILES string of the molecule is O=C(NS(=O)(=O)C1CC1)c1cc(C2CC2)c(OCC2CCN(C(=O)c3ccccc3C(F)(F)F)CC2)cc1F. The van der Waals surface area contributed by atoms with Crippen LogP contribution in [-0.2, 0) is 16.2 Å². The molecule has 0 spiro atoms. The van der Waals surface area contributed by atoms with Gasteiger partial charge in [-0.15, -0.1) is 0 Å². The van der Waals surface area contributed by atoms with E-state index in [0.29, 0.717) is 31.2 Å². The minimum Gasteiger partial charge on any atom is -0.493 e. The summed E-state index contributed by atoms with van der Waals surface area (Å²) >= 11 is 0. The van der Waals surface area contributed by atoms with Crippen LogP contribution in [0, 0.1) is 11.7 Å². The van der Waals surface area contributed by atoms with Crippen LogP contribution >= 0.6 is 0 Å². The van der Waals surface area contributed by atoms with E-state index in [0.717, 1.165) is 25.0 Å². The van der Waals surface area contributed by atoms with Gasteiger partial charge >= 0.3 is 6.18 Å². The molecule has 1 N–H and O–H groups in total. The molecule has 2 saturated carbocycles. The highest BCUT2D eigenvalue weighted by Gasteiger charge is 2.39. The Hall–Kier alpha value is -3.15. The highest BCUT2D eigenvalue weighted by Crippen LogP contribution is 2.45. The van der Waals surface area contributed by atoms with Crippen molar-refractivity contribution >= 4 is 21.8 Å². The number of benzene rings is 2. The predicted molar refractivity (Wildman–Crippen MR) is 133 cm³/mol. The average Bonchev–Trinajstić information content (AvgIpc) is 3.79. The van der Waals surface area contributed by atoms with Crippen LogP contribution in [0.3, 0.4) is 0 Å². The van der Waals surface area contributed by atoms with Crippen molar-refractivity contribution in [1.29, 1.82) is 0 Å². The van der Waals surface area contributed by atoms with Crippen LogP contribution in [0.5, 0.6) is 5.75 Å². The van der Waals surface area contributed by atoms with Crippen LogP contribution in [0.1, 0.15) is 76.3 Å². The number of likely N-dealkylation sites (tertiary alicyclic amines) is 1. The second-order valence-electron chi connectivity index (χ2n) is 10.4. The third-order valence-electron chi connectivity index (χ3n) is 7.40. The van der Waals surface area contributed by atoms with E-state index < -0.39 is 44.6 Å². The van der Waals surface area contributed by atoms with E-state index in [1.54, 1.807) is 0 Å². The van der Waals surface area contributed by atoms with Gasteiger partial charge in [0.05, 0.1) is 28.5 Å². The van der Waals surface area contributed by atoms with Gasteiger partial charge < -0.3 is 9.64 Å². The highest BCUT2D eigenvalue weighted by atomic mass is 32.2. The Labute approximate surface area is 223 Å². The molecule has 12 heteroatoms. The average molecular weight is 569 g/mol. The number of carbonyl (C=O) groups is 2. The van der Waals surface area contributed by atoms with Crippen molar-refractivity contribution in [3.05, 3.63) is 64.5 Å². The van der Waals surface area contributed by atoms with E-state index in [9.17, 15) is 35.6 Å². The third-order valence-corrected chi connectivity index (χ3v) is 9.22. The van der Waals surface area contributed by atoms with Crippen molar-refractivity contribution < 1.29 is 40.3 Å². The molecule has 3 fully saturated rings. The summed E-state index contributed by atoms with van der Waals surface area (Å²) in [5, 5.41) is -0.615. The van der Waals surface area contributed by atoms with Crippen molar-refractivity contribution in [2.24, 2.45) is 5.92 Å². The number of carbonyl (C=O) groups excluding carboxylic acids is 2. The van der Waals surface area contributed by atoms with E-state index in [1.165, 1.54) is 29.2 Å². The number of alkyl halides is 3. The van der Waals surface area contributed by atoms with Crippen LogP contribution in [-0.4, -0.2) is 50.1 Å². The largest absolute Gasteiger partial charge is 0.493 e. The van der Waals surface area contributed by atoms with Gasteiger partial charge in [0.1, 0.15) is 11.6 Å². The Bertz CT molecular complexity index is 1380. The Balaban J connectivity index is 1.21. The van der Waals surface area contributed by atoms with Crippen molar-refractivity contribution in [3.8, 4) is 5.75 Å². The lowest BCUT2D eigenvalue weighted by Crippen LogP contribution is -2.40. The summed E-state index contributed by atoms with van der Waals surface area (Å²) in [4.78, 5) is 26.7. The third kappa shape index (κ3) is 6.21. The molecule has 5 rings (SSSR count). The number of rotatable bonds is 8. The first kappa shape index (κ1) is 27.4. The van der Waals surface area contributed by atoms with Gasteiger partial charge in [-0.05, 0) is 74.1 Å². The van der Waals surface area contributed by atoms with Gasteiger partial charge in [0.25, 0.3) is 11.8 Å². The minimum absolute atomic E-state index is 0.00585. The number of nitrogens with one attached hydrogen (secondary N) is 1. The van der Waals surface area contributed by atoms with Crippen molar-refractivity contribution in [2.45, 2.75) is 55.9 Å². The first-order valence-corrected chi connectivity index (χ1v) is 14.5. The molecule has 1 saturated heterocycles. The van der Waals surface area contributed by atoms with Gasteiger partial charge in [-0.25, -0.2) is 17.5 Å². The Morgan fingerprint density at radius 1 is 0.974 bits per heavy atom. The number of nitrogens with zero attached hydrogens (tertiary/aromatic N) is 1. The molecular weight excluding hydrogens is 540 g/mol. The number of sulfonamides is 1. The van der Waals surface area contributed by atoms with E-state index in [4.69, 9.17) is 4.74 Å². The maximum Gasteiger partial charge on any atom is 0.417 e. The van der Waals surface area contributed by atoms with Gasteiger partial charge in [-0.1, -0.05) is 12.1 Å². The van der Waals surface area contributed by atoms with Crippen molar-refractivity contribution in [2.75, 3.05) is 19.7 Å². The maximum atomic E-state index is 14.9. The molecule has 0 atom stereocenters. The fraction of sp³-hybridized carbons (Fsp3) is 0.481. The quantitative estimate of drug-likeness (QED) is 0.459. The lowest BCUT2D eigenvalue weighted by molar-refractivity contribution is -0.138. The van der Waals surface area contributed by atoms with Gasteiger partial charge in [-0.2, -0.15) is 13.2 Å². The lowest BCUT2D eigenvalue weighted by atomic mass is 9.96. The standard InChI is InChI=1S/C27H28F4N2O5S/c28-23-14-24(20(17-5-6-17)13-21(23)25(34)32-39(36,37)18-7-8-18)38-15-16-9-11-33(12-10-16)26(35)19-3-1-2-4-22(19)27(29,30)31/h1-4,13-14,16-18H,5-12,15H2,(H,32,34). The first-order chi connectivity index (χ1) is 18.4. The highest BCUT2D eigenvalue weighted by molar-refractivity contribution is 7.91. The summed E-state index contributed by atoms with van der Waals surface area (Å²) < 4.78 is 87.0.